The predicted molar refractivity (Wildman–Crippen MR) is 135 cm³/mol. The highest BCUT2D eigenvalue weighted by atomic mass is 16.5. The molecule has 0 fully saturated rings. The van der Waals surface area contributed by atoms with Crippen molar-refractivity contribution in [3.05, 3.63) is 102 Å². The number of ether oxygens (including phenoxy) is 1. The smallest absolute Gasteiger partial charge is 0.251 e. The molecule has 0 aliphatic rings. The molecule has 0 saturated carbocycles. The van der Waals surface area contributed by atoms with E-state index in [1.807, 2.05) is 67.6 Å². The molecule has 7 heteroatoms. The molecule has 3 aromatic carbocycles. The van der Waals surface area contributed by atoms with E-state index in [1.165, 1.54) is 5.56 Å². The molecular weight excluding hydrogens is 426 g/mol. The fourth-order valence-electron chi connectivity index (χ4n) is 3.25. The van der Waals surface area contributed by atoms with Crippen molar-refractivity contribution in [2.45, 2.75) is 13.8 Å². The van der Waals surface area contributed by atoms with Crippen LogP contribution in [0.2, 0.25) is 0 Å². The van der Waals surface area contributed by atoms with Crippen LogP contribution in [0.3, 0.4) is 0 Å². The van der Waals surface area contributed by atoms with Gasteiger partial charge in [-0.3, -0.25) is 4.79 Å². The summed E-state index contributed by atoms with van der Waals surface area (Å²) in [5.74, 6) is 2.49. The van der Waals surface area contributed by atoms with Crippen LogP contribution >= 0.6 is 0 Å². The van der Waals surface area contributed by atoms with Crippen molar-refractivity contribution in [1.29, 1.82) is 0 Å². The van der Waals surface area contributed by atoms with E-state index in [0.717, 1.165) is 17.1 Å². The molecule has 1 heterocycles. The predicted octanol–water partition coefficient (Wildman–Crippen LogP) is 5.47. The van der Waals surface area contributed by atoms with Gasteiger partial charge in [0.2, 0.25) is 5.95 Å². The molecule has 0 radical (unpaired) electrons. The van der Waals surface area contributed by atoms with Gasteiger partial charge in [-0.25, -0.2) is 4.98 Å². The molecular formula is C27H27N5O2. The second kappa shape index (κ2) is 11.0. The Hall–Kier alpha value is -4.39. The van der Waals surface area contributed by atoms with Gasteiger partial charge in [0.25, 0.3) is 5.91 Å². The Labute approximate surface area is 199 Å². The largest absolute Gasteiger partial charge is 0.457 e. The van der Waals surface area contributed by atoms with Gasteiger partial charge < -0.3 is 20.7 Å². The summed E-state index contributed by atoms with van der Waals surface area (Å²) in [5, 5.41) is 9.36. The Bertz CT molecular complexity index is 1230. The summed E-state index contributed by atoms with van der Waals surface area (Å²) < 4.78 is 5.76. The number of benzene rings is 3. The number of anilines is 3. The summed E-state index contributed by atoms with van der Waals surface area (Å²) in [4.78, 5) is 21.4. The topological polar surface area (TPSA) is 88.2 Å². The molecule has 0 atom stereocenters. The fraction of sp³-hybridized carbons (Fsp3) is 0.148. The van der Waals surface area contributed by atoms with Crippen LogP contribution in [0.5, 0.6) is 11.5 Å². The van der Waals surface area contributed by atoms with E-state index in [1.54, 1.807) is 24.3 Å². The number of para-hydroxylation sites is 1. The molecule has 7 nitrogen and oxygen atoms in total. The zero-order valence-electron chi connectivity index (χ0n) is 19.2. The maximum atomic E-state index is 12.4. The number of hydrogen-bond acceptors (Lipinski definition) is 6. The van der Waals surface area contributed by atoms with E-state index in [-0.39, 0.29) is 5.91 Å². The fourth-order valence-corrected chi connectivity index (χ4v) is 3.25. The quantitative estimate of drug-likeness (QED) is 0.291. The number of nitrogens with one attached hydrogen (secondary N) is 3. The van der Waals surface area contributed by atoms with Crippen molar-refractivity contribution in [2.75, 3.05) is 23.7 Å². The lowest BCUT2D eigenvalue weighted by Crippen LogP contribution is -2.29. The maximum Gasteiger partial charge on any atom is 0.251 e. The van der Waals surface area contributed by atoms with Crippen LogP contribution in [-0.4, -0.2) is 29.0 Å². The van der Waals surface area contributed by atoms with Crippen molar-refractivity contribution in [3.8, 4) is 11.5 Å². The zero-order chi connectivity index (χ0) is 23.8. The van der Waals surface area contributed by atoms with Crippen LogP contribution in [0.1, 0.15) is 21.6 Å². The SMILES string of the molecule is Cc1ccc(Nc2cc(C)nc(NCCNC(=O)c3ccc(Oc4ccccc4)cc3)n2)cc1. The molecule has 4 aromatic rings. The van der Waals surface area contributed by atoms with Crippen LogP contribution in [-0.2, 0) is 0 Å². The van der Waals surface area contributed by atoms with E-state index in [2.05, 4.69) is 32.8 Å². The van der Waals surface area contributed by atoms with Gasteiger partial charge in [-0.05, 0) is 62.4 Å². The van der Waals surface area contributed by atoms with Crippen LogP contribution in [0.15, 0.2) is 84.9 Å². The Balaban J connectivity index is 1.25. The normalized spacial score (nSPS) is 10.4. The monoisotopic (exact) mass is 453 g/mol. The lowest BCUT2D eigenvalue weighted by molar-refractivity contribution is 0.0955. The number of aromatic nitrogens is 2. The molecule has 1 aromatic heterocycles. The minimum absolute atomic E-state index is 0.153. The molecule has 0 bridgehead atoms. The van der Waals surface area contributed by atoms with Gasteiger partial charge >= 0.3 is 0 Å². The van der Waals surface area contributed by atoms with Crippen molar-refractivity contribution in [1.82, 2.24) is 15.3 Å². The molecule has 0 aliphatic carbocycles. The molecule has 0 unspecified atom stereocenters. The average Bonchev–Trinajstić information content (AvgIpc) is 2.84. The Morgan fingerprint density at radius 3 is 2.26 bits per heavy atom. The summed E-state index contributed by atoms with van der Waals surface area (Å²) in [5.41, 5.74) is 3.57. The van der Waals surface area contributed by atoms with Crippen molar-refractivity contribution < 1.29 is 9.53 Å². The number of aryl methyl sites for hydroxylation is 2. The van der Waals surface area contributed by atoms with E-state index in [0.29, 0.717) is 36.2 Å². The summed E-state index contributed by atoms with van der Waals surface area (Å²) in [7, 11) is 0. The summed E-state index contributed by atoms with van der Waals surface area (Å²) in [6.07, 6.45) is 0. The van der Waals surface area contributed by atoms with E-state index in [4.69, 9.17) is 4.74 Å². The van der Waals surface area contributed by atoms with Gasteiger partial charge in [0.1, 0.15) is 17.3 Å². The molecule has 4 rings (SSSR count). The Morgan fingerprint density at radius 2 is 1.53 bits per heavy atom. The first-order valence-corrected chi connectivity index (χ1v) is 11.1. The third kappa shape index (κ3) is 6.56. The van der Waals surface area contributed by atoms with E-state index >= 15 is 0 Å². The highest BCUT2D eigenvalue weighted by molar-refractivity contribution is 5.94. The number of hydrogen-bond donors (Lipinski definition) is 3. The van der Waals surface area contributed by atoms with Gasteiger partial charge in [0.05, 0.1) is 0 Å². The number of rotatable bonds is 9. The minimum atomic E-state index is -0.153. The third-order valence-corrected chi connectivity index (χ3v) is 4.97. The highest BCUT2D eigenvalue weighted by Gasteiger charge is 2.07. The summed E-state index contributed by atoms with van der Waals surface area (Å²) >= 11 is 0. The first-order valence-electron chi connectivity index (χ1n) is 11.1. The first kappa shape index (κ1) is 22.8. The standard InChI is InChI=1S/C27H27N5O2/c1-19-8-12-22(13-9-19)31-25-18-20(2)30-27(32-25)29-17-16-28-26(33)21-10-14-24(15-11-21)34-23-6-4-3-5-7-23/h3-15,18H,16-17H2,1-2H3,(H,28,33)(H2,29,30,31,32). The molecule has 34 heavy (non-hydrogen) atoms. The van der Waals surface area contributed by atoms with E-state index in [9.17, 15) is 4.79 Å². The molecule has 0 saturated heterocycles. The third-order valence-electron chi connectivity index (χ3n) is 4.97. The number of carbonyl (C=O) groups excluding carboxylic acids is 1. The average molecular weight is 454 g/mol. The van der Waals surface area contributed by atoms with Gasteiger partial charge in [-0.15, -0.1) is 0 Å². The van der Waals surface area contributed by atoms with Crippen molar-refractivity contribution in [2.24, 2.45) is 0 Å². The molecule has 1 amide bonds. The minimum Gasteiger partial charge on any atom is -0.457 e. The second-order valence-corrected chi connectivity index (χ2v) is 7.83. The molecule has 172 valence electrons. The maximum absolute atomic E-state index is 12.4. The van der Waals surface area contributed by atoms with E-state index < -0.39 is 0 Å². The summed E-state index contributed by atoms with van der Waals surface area (Å²) in [6.45, 7) is 4.89. The number of nitrogens with zero attached hydrogens (tertiary/aromatic N) is 2. The highest BCUT2D eigenvalue weighted by Crippen LogP contribution is 2.21. The van der Waals surface area contributed by atoms with Crippen molar-refractivity contribution >= 4 is 23.4 Å². The number of carbonyl (C=O) groups is 1. The molecule has 0 spiro atoms. The lowest BCUT2D eigenvalue weighted by atomic mass is 10.2. The van der Waals surface area contributed by atoms with Crippen molar-refractivity contribution in [3.63, 3.8) is 0 Å². The van der Waals surface area contributed by atoms with Crippen LogP contribution < -0.4 is 20.7 Å². The van der Waals surface area contributed by atoms with Gasteiger partial charge in [-0.2, -0.15) is 4.98 Å². The van der Waals surface area contributed by atoms with Gasteiger partial charge in [0, 0.05) is 36.1 Å². The Morgan fingerprint density at radius 1 is 0.824 bits per heavy atom. The lowest BCUT2D eigenvalue weighted by Gasteiger charge is -2.11. The second-order valence-electron chi connectivity index (χ2n) is 7.83. The van der Waals surface area contributed by atoms with Crippen LogP contribution in [0.25, 0.3) is 0 Å². The van der Waals surface area contributed by atoms with Gasteiger partial charge in [-0.1, -0.05) is 35.9 Å². The van der Waals surface area contributed by atoms with Crippen LogP contribution in [0, 0.1) is 13.8 Å². The van der Waals surface area contributed by atoms with Crippen LogP contribution in [0.4, 0.5) is 17.5 Å². The van der Waals surface area contributed by atoms with Gasteiger partial charge in [0.15, 0.2) is 0 Å². The number of amides is 1. The zero-order valence-corrected chi connectivity index (χ0v) is 19.2. The molecule has 0 aliphatic heterocycles. The Kier molecular flexibility index (Phi) is 7.35. The molecule has 3 N–H and O–H groups in total. The summed E-state index contributed by atoms with van der Waals surface area (Å²) in [6, 6.07) is 26.6. The first-order chi connectivity index (χ1) is 16.5.